The molecule has 0 saturated heterocycles. The maximum absolute atomic E-state index is 10.2. The molecule has 0 aliphatic rings. The predicted octanol–water partition coefficient (Wildman–Crippen LogP) is 0.119. The summed E-state index contributed by atoms with van der Waals surface area (Å²) in [4.78, 5) is 28.1. The summed E-state index contributed by atoms with van der Waals surface area (Å²) >= 11 is 0. The van der Waals surface area contributed by atoms with Crippen LogP contribution in [0.3, 0.4) is 0 Å². The first-order valence-electron chi connectivity index (χ1n) is 5.84. The Kier molecular flexibility index (Phi) is 7.48. The Morgan fingerprint density at radius 2 is 1.76 bits per heavy atom. The Morgan fingerprint density at radius 3 is 2.00 bits per heavy atom. The van der Waals surface area contributed by atoms with E-state index in [-0.39, 0.29) is 18.0 Å². The van der Waals surface area contributed by atoms with Crippen LogP contribution in [0.5, 0.6) is 5.75 Å². The first kappa shape index (κ1) is 19.5. The van der Waals surface area contributed by atoms with E-state index in [1.807, 2.05) is 0 Å². The molecule has 0 heterocycles. The average Bonchev–Trinajstić information content (AvgIpc) is 2.26. The highest BCUT2D eigenvalue weighted by Crippen LogP contribution is 2.33. The number of likely N-dealkylation sites (N-methyl/N-ethyl adjacent to an activating group) is 1. The zero-order valence-corrected chi connectivity index (χ0v) is 12.9. The van der Waals surface area contributed by atoms with E-state index in [0.717, 1.165) is 35.3 Å². The van der Waals surface area contributed by atoms with Gasteiger partial charge in [-0.25, -0.2) is 0 Å². The lowest BCUT2D eigenvalue weighted by molar-refractivity contribution is -0.870. The Labute approximate surface area is 122 Å². The Balaban J connectivity index is 0.000000486. The van der Waals surface area contributed by atoms with Crippen molar-refractivity contribution in [2.75, 3.05) is 34.3 Å². The maximum Gasteiger partial charge on any atom is 0.317 e. The van der Waals surface area contributed by atoms with Gasteiger partial charge in [0.2, 0.25) is 0 Å². The van der Waals surface area contributed by atoms with Gasteiger partial charge in [0, 0.05) is 12.1 Å². The minimum Gasteiger partial charge on any atom is -0.746 e. The Hall–Kier alpha value is -1.51. The smallest absolute Gasteiger partial charge is 0.317 e. The second kappa shape index (κ2) is 8.06. The molecular formula is C11H19N2O7P. The molecule has 1 atom stereocenters. The lowest BCUT2D eigenvalue weighted by Crippen LogP contribution is -2.36. The number of aliphatic hydroxyl groups is 1. The maximum atomic E-state index is 10.2. The van der Waals surface area contributed by atoms with Crippen LogP contribution in [0.4, 0.5) is 5.69 Å². The van der Waals surface area contributed by atoms with E-state index in [4.69, 9.17) is 10.00 Å². The number of hydrogen-bond acceptors (Lipinski definition) is 6. The van der Waals surface area contributed by atoms with Crippen molar-refractivity contribution in [1.82, 2.24) is 0 Å². The number of phosphoric ester groups is 1. The summed E-state index contributed by atoms with van der Waals surface area (Å²) < 4.78 is 15.2. The van der Waals surface area contributed by atoms with Gasteiger partial charge in [-0.3, -0.25) is 14.7 Å². The Bertz CT molecular complexity index is 492. The molecule has 0 bridgehead atoms. The quantitative estimate of drug-likeness (QED) is 0.340. The van der Waals surface area contributed by atoms with Crippen molar-refractivity contribution in [1.29, 1.82) is 0 Å². The monoisotopic (exact) mass is 322 g/mol. The number of quaternary nitrogens is 1. The van der Waals surface area contributed by atoms with E-state index in [9.17, 15) is 19.6 Å². The van der Waals surface area contributed by atoms with Crippen molar-refractivity contribution in [3.63, 3.8) is 0 Å². The van der Waals surface area contributed by atoms with Gasteiger partial charge in [0.1, 0.15) is 12.3 Å². The highest BCUT2D eigenvalue weighted by Gasteiger charge is 2.07. The molecular weight excluding hydrogens is 303 g/mol. The van der Waals surface area contributed by atoms with E-state index < -0.39 is 12.7 Å². The van der Waals surface area contributed by atoms with Gasteiger partial charge >= 0.3 is 7.82 Å². The van der Waals surface area contributed by atoms with Crippen molar-refractivity contribution in [3.8, 4) is 5.75 Å². The van der Waals surface area contributed by atoms with Gasteiger partial charge in [-0.1, -0.05) is 0 Å². The molecule has 0 aliphatic carbocycles. The standard InChI is InChI=1S/C6H6NO6P.C5H14NO/c8-7(9)5-1-3-6(4-2-5)13-14(10,11)12;1-6(2,3)4-5-7/h1-4H,(H2,10,11,12);7H,4-5H2,1-3H3/q;+1/p-1. The molecule has 10 heteroatoms. The summed E-state index contributed by atoms with van der Waals surface area (Å²) in [6.07, 6.45) is 0. The number of benzene rings is 1. The fraction of sp³-hybridized carbons (Fsp3) is 0.455. The number of rotatable bonds is 5. The largest absolute Gasteiger partial charge is 0.746 e. The molecule has 120 valence electrons. The first-order valence-corrected chi connectivity index (χ1v) is 7.33. The second-order valence-corrected chi connectivity index (χ2v) is 6.17. The average molecular weight is 322 g/mol. The van der Waals surface area contributed by atoms with E-state index in [2.05, 4.69) is 25.7 Å². The summed E-state index contributed by atoms with van der Waals surface area (Å²) in [7, 11) is 1.31. The van der Waals surface area contributed by atoms with Crippen LogP contribution in [0.25, 0.3) is 0 Å². The van der Waals surface area contributed by atoms with E-state index in [1.54, 1.807) is 0 Å². The first-order chi connectivity index (χ1) is 9.44. The Morgan fingerprint density at radius 1 is 1.29 bits per heavy atom. The number of nitrogens with zero attached hydrogens (tertiary/aromatic N) is 2. The lowest BCUT2D eigenvalue weighted by atomic mass is 10.3. The van der Waals surface area contributed by atoms with Gasteiger partial charge in [-0.15, -0.1) is 0 Å². The summed E-state index contributed by atoms with van der Waals surface area (Å²) in [6.45, 7) is 1.11. The van der Waals surface area contributed by atoms with Crippen molar-refractivity contribution in [3.05, 3.63) is 34.4 Å². The van der Waals surface area contributed by atoms with Gasteiger partial charge in [0.15, 0.2) is 0 Å². The van der Waals surface area contributed by atoms with Crippen LogP contribution in [0.15, 0.2) is 24.3 Å². The summed E-state index contributed by atoms with van der Waals surface area (Å²) in [5.74, 6) is -0.184. The van der Waals surface area contributed by atoms with Gasteiger partial charge < -0.3 is 23.9 Å². The molecule has 0 radical (unpaired) electrons. The van der Waals surface area contributed by atoms with Crippen molar-refractivity contribution >= 4 is 13.5 Å². The molecule has 2 N–H and O–H groups in total. The van der Waals surface area contributed by atoms with E-state index >= 15 is 0 Å². The van der Waals surface area contributed by atoms with E-state index in [0.29, 0.717) is 0 Å². The summed E-state index contributed by atoms with van der Waals surface area (Å²) in [5, 5.41) is 18.6. The number of aliphatic hydroxyl groups excluding tert-OH is 1. The molecule has 1 rings (SSSR count). The molecule has 0 saturated carbocycles. The molecule has 1 unspecified atom stereocenters. The fourth-order valence-electron chi connectivity index (χ4n) is 1.06. The van der Waals surface area contributed by atoms with Crippen molar-refractivity contribution < 1.29 is 33.4 Å². The second-order valence-electron chi connectivity index (χ2n) is 5.05. The van der Waals surface area contributed by atoms with Crippen LogP contribution in [0.1, 0.15) is 0 Å². The molecule has 0 amide bonds. The van der Waals surface area contributed by atoms with Crippen LogP contribution in [-0.2, 0) is 4.57 Å². The highest BCUT2D eigenvalue weighted by atomic mass is 31.2. The summed E-state index contributed by atoms with van der Waals surface area (Å²) in [6, 6.07) is 4.26. The third kappa shape index (κ3) is 10.9. The van der Waals surface area contributed by atoms with Crippen LogP contribution in [0.2, 0.25) is 0 Å². The van der Waals surface area contributed by atoms with Gasteiger partial charge in [-0.2, -0.15) is 0 Å². The van der Waals surface area contributed by atoms with Gasteiger partial charge in [0.05, 0.1) is 32.7 Å². The number of non-ortho nitro benzene ring substituents is 1. The van der Waals surface area contributed by atoms with Crippen molar-refractivity contribution in [2.24, 2.45) is 0 Å². The van der Waals surface area contributed by atoms with Crippen LogP contribution < -0.4 is 9.42 Å². The molecule has 1 aromatic rings. The minimum absolute atomic E-state index is 0.184. The fourth-order valence-corrected chi connectivity index (χ4v) is 1.45. The predicted molar refractivity (Wildman–Crippen MR) is 73.5 cm³/mol. The summed E-state index contributed by atoms with van der Waals surface area (Å²) in [5.41, 5.74) is -0.198. The SMILES string of the molecule is C[N+](C)(C)CCO.O=[N+]([O-])c1ccc(OP(=O)([O-])O)cc1. The molecule has 0 aliphatic heterocycles. The number of phosphoric acid groups is 1. The molecule has 9 nitrogen and oxygen atoms in total. The van der Waals surface area contributed by atoms with Crippen LogP contribution >= 0.6 is 7.82 Å². The van der Waals surface area contributed by atoms with E-state index in [1.165, 1.54) is 0 Å². The lowest BCUT2D eigenvalue weighted by Gasteiger charge is -2.21. The van der Waals surface area contributed by atoms with Crippen molar-refractivity contribution in [2.45, 2.75) is 0 Å². The number of nitro benzene ring substituents is 1. The minimum atomic E-state index is -4.85. The van der Waals surface area contributed by atoms with Crippen LogP contribution in [0, 0.1) is 10.1 Å². The van der Waals surface area contributed by atoms with Gasteiger partial charge in [0.25, 0.3) is 5.69 Å². The normalized spacial score (nSPS) is 13.6. The van der Waals surface area contributed by atoms with Gasteiger partial charge in [-0.05, 0) is 12.1 Å². The molecule has 0 spiro atoms. The zero-order chi connectivity index (χ0) is 16.7. The molecule has 0 fully saturated rings. The molecule has 1 aromatic carbocycles. The molecule has 21 heavy (non-hydrogen) atoms. The third-order valence-corrected chi connectivity index (χ3v) is 2.48. The van der Waals surface area contributed by atoms with Crippen LogP contribution in [-0.4, -0.2) is 53.7 Å². The third-order valence-electron chi connectivity index (χ3n) is 2.04. The number of nitro groups is 1. The zero-order valence-electron chi connectivity index (χ0n) is 12.0. The topological polar surface area (TPSA) is 133 Å². The highest BCUT2D eigenvalue weighted by molar-refractivity contribution is 7.45. The number of hydrogen-bond donors (Lipinski definition) is 2. The molecule has 0 aromatic heterocycles.